The zero-order valence-corrected chi connectivity index (χ0v) is 10.7. The quantitative estimate of drug-likeness (QED) is 0.685. The van der Waals surface area contributed by atoms with Crippen LogP contribution in [0.5, 0.6) is 0 Å². The van der Waals surface area contributed by atoms with Gasteiger partial charge in [-0.15, -0.1) is 0 Å². The van der Waals surface area contributed by atoms with Crippen LogP contribution < -0.4 is 0 Å². The molecule has 2 rings (SSSR count). The van der Waals surface area contributed by atoms with Crippen molar-refractivity contribution in [3.05, 3.63) is 28.8 Å². The molecule has 18 heavy (non-hydrogen) atoms. The van der Waals surface area contributed by atoms with E-state index in [1.165, 1.54) is 12.1 Å². The molecule has 0 bridgehead atoms. The molecule has 0 atom stereocenters. The lowest BCUT2D eigenvalue weighted by molar-refractivity contribution is -0.143. The molecule has 0 aliphatic carbocycles. The van der Waals surface area contributed by atoms with E-state index in [0.717, 1.165) is 5.52 Å². The number of hydrogen-bond donors (Lipinski definition) is 1. The molecule has 0 fully saturated rings. The van der Waals surface area contributed by atoms with Crippen molar-refractivity contribution in [3.8, 4) is 0 Å². The van der Waals surface area contributed by atoms with Crippen LogP contribution in [0.25, 0.3) is 11.0 Å². The van der Waals surface area contributed by atoms with Gasteiger partial charge in [0.2, 0.25) is 0 Å². The SMILES string of the molecule is CCOC(=O)CCn1c(=S)[nH]c2cc(F)ccc21. The fourth-order valence-corrected chi connectivity index (χ4v) is 2.09. The maximum atomic E-state index is 13.1. The Labute approximate surface area is 108 Å². The third-order valence-electron chi connectivity index (χ3n) is 2.58. The topological polar surface area (TPSA) is 47.0 Å². The van der Waals surface area contributed by atoms with Gasteiger partial charge in [-0.25, -0.2) is 4.39 Å². The molecule has 0 radical (unpaired) electrons. The fourth-order valence-electron chi connectivity index (χ4n) is 1.79. The molecule has 0 amide bonds. The summed E-state index contributed by atoms with van der Waals surface area (Å²) in [6, 6.07) is 4.39. The van der Waals surface area contributed by atoms with Gasteiger partial charge < -0.3 is 14.3 Å². The summed E-state index contributed by atoms with van der Waals surface area (Å²) in [5, 5.41) is 0. The minimum atomic E-state index is -0.323. The number of halogens is 1. The first-order valence-electron chi connectivity index (χ1n) is 5.65. The normalized spacial score (nSPS) is 10.8. The minimum absolute atomic E-state index is 0.243. The van der Waals surface area contributed by atoms with Crippen molar-refractivity contribution in [1.29, 1.82) is 0 Å². The first-order valence-corrected chi connectivity index (χ1v) is 6.06. The predicted octanol–water partition coefficient (Wildman–Crippen LogP) is 2.79. The number of ether oxygens (including phenoxy) is 1. The zero-order valence-electron chi connectivity index (χ0n) is 9.90. The number of imidazole rings is 1. The maximum absolute atomic E-state index is 13.1. The molecular weight excluding hydrogens is 255 g/mol. The number of H-pyrrole nitrogens is 1. The predicted molar refractivity (Wildman–Crippen MR) is 68.3 cm³/mol. The Balaban J connectivity index is 2.25. The van der Waals surface area contributed by atoms with Crippen LogP contribution in [-0.2, 0) is 16.1 Å². The Morgan fingerprint density at radius 1 is 1.56 bits per heavy atom. The lowest BCUT2D eigenvalue weighted by Gasteiger charge is -2.04. The standard InChI is InChI=1S/C12H13FN2O2S/c1-2-17-11(16)5-6-15-10-4-3-8(13)7-9(10)14-12(15)18/h3-4,7H,2,5-6H2,1H3,(H,14,18). The highest BCUT2D eigenvalue weighted by Gasteiger charge is 2.08. The molecule has 96 valence electrons. The number of aromatic nitrogens is 2. The van der Waals surface area contributed by atoms with Crippen molar-refractivity contribution < 1.29 is 13.9 Å². The average molecular weight is 268 g/mol. The van der Waals surface area contributed by atoms with E-state index in [1.807, 2.05) is 0 Å². The molecule has 0 unspecified atom stereocenters. The third kappa shape index (κ3) is 2.59. The minimum Gasteiger partial charge on any atom is -0.466 e. The average Bonchev–Trinajstić information content (AvgIpc) is 2.61. The fraction of sp³-hybridized carbons (Fsp3) is 0.333. The van der Waals surface area contributed by atoms with Crippen LogP contribution in [0.4, 0.5) is 4.39 Å². The number of rotatable bonds is 4. The van der Waals surface area contributed by atoms with Gasteiger partial charge in [0.05, 0.1) is 24.1 Å². The Morgan fingerprint density at radius 3 is 3.06 bits per heavy atom. The van der Waals surface area contributed by atoms with E-state index in [1.54, 1.807) is 17.6 Å². The zero-order chi connectivity index (χ0) is 13.1. The summed E-state index contributed by atoms with van der Waals surface area (Å²) in [7, 11) is 0. The van der Waals surface area contributed by atoms with E-state index < -0.39 is 0 Å². The first kappa shape index (κ1) is 12.8. The van der Waals surface area contributed by atoms with Crippen LogP contribution in [0.2, 0.25) is 0 Å². The van der Waals surface area contributed by atoms with Gasteiger partial charge in [0, 0.05) is 6.54 Å². The molecule has 1 N–H and O–H groups in total. The number of nitrogens with one attached hydrogen (secondary N) is 1. The summed E-state index contributed by atoms with van der Waals surface area (Å²) in [5.41, 5.74) is 1.41. The second-order valence-corrected chi connectivity index (χ2v) is 4.18. The Kier molecular flexibility index (Phi) is 3.76. The summed E-state index contributed by atoms with van der Waals surface area (Å²) in [5.74, 6) is -0.591. The van der Waals surface area contributed by atoms with E-state index in [0.29, 0.717) is 23.4 Å². The molecule has 1 aromatic carbocycles. The number of carbonyl (C=O) groups excluding carboxylic acids is 1. The van der Waals surface area contributed by atoms with Crippen LogP contribution >= 0.6 is 12.2 Å². The second kappa shape index (κ2) is 5.30. The summed E-state index contributed by atoms with van der Waals surface area (Å²) in [4.78, 5) is 14.2. The van der Waals surface area contributed by atoms with Crippen molar-refractivity contribution in [3.63, 3.8) is 0 Å². The number of aromatic amines is 1. The van der Waals surface area contributed by atoms with Gasteiger partial charge in [-0.3, -0.25) is 4.79 Å². The summed E-state index contributed by atoms with van der Waals surface area (Å²) in [6.45, 7) is 2.55. The number of esters is 1. The molecule has 0 aliphatic rings. The lowest BCUT2D eigenvalue weighted by Crippen LogP contribution is -2.09. The van der Waals surface area contributed by atoms with Gasteiger partial charge >= 0.3 is 5.97 Å². The molecule has 4 nitrogen and oxygen atoms in total. The van der Waals surface area contributed by atoms with Gasteiger partial charge in [-0.05, 0) is 37.3 Å². The number of carbonyl (C=O) groups is 1. The van der Waals surface area contributed by atoms with Crippen molar-refractivity contribution in [2.24, 2.45) is 0 Å². The van der Waals surface area contributed by atoms with E-state index in [-0.39, 0.29) is 18.2 Å². The summed E-state index contributed by atoms with van der Waals surface area (Å²) in [6.07, 6.45) is 0.243. The smallest absolute Gasteiger partial charge is 0.307 e. The van der Waals surface area contributed by atoms with Crippen molar-refractivity contribution in [2.45, 2.75) is 19.9 Å². The Bertz CT molecular complexity index is 633. The van der Waals surface area contributed by atoms with Crippen LogP contribution in [-0.4, -0.2) is 22.1 Å². The highest BCUT2D eigenvalue weighted by atomic mass is 32.1. The molecule has 0 saturated carbocycles. The number of hydrogen-bond acceptors (Lipinski definition) is 3. The van der Waals surface area contributed by atoms with Crippen molar-refractivity contribution in [1.82, 2.24) is 9.55 Å². The van der Waals surface area contributed by atoms with Gasteiger partial charge in [0.15, 0.2) is 4.77 Å². The number of aryl methyl sites for hydroxylation is 1. The lowest BCUT2D eigenvalue weighted by atomic mass is 10.3. The van der Waals surface area contributed by atoms with Crippen molar-refractivity contribution >= 4 is 29.2 Å². The Hall–Kier alpha value is -1.69. The van der Waals surface area contributed by atoms with Crippen molar-refractivity contribution in [2.75, 3.05) is 6.61 Å². The highest BCUT2D eigenvalue weighted by molar-refractivity contribution is 7.71. The number of fused-ring (bicyclic) bond motifs is 1. The Morgan fingerprint density at radius 2 is 2.33 bits per heavy atom. The van der Waals surface area contributed by atoms with Gasteiger partial charge in [0.25, 0.3) is 0 Å². The van der Waals surface area contributed by atoms with E-state index in [2.05, 4.69) is 4.98 Å². The molecule has 0 saturated heterocycles. The summed E-state index contributed by atoms with van der Waals surface area (Å²) < 4.78 is 20.1. The second-order valence-electron chi connectivity index (χ2n) is 3.80. The number of nitrogens with zero attached hydrogens (tertiary/aromatic N) is 1. The largest absolute Gasteiger partial charge is 0.466 e. The van der Waals surface area contributed by atoms with Crippen LogP contribution in [0.3, 0.4) is 0 Å². The molecule has 6 heteroatoms. The van der Waals surface area contributed by atoms with Gasteiger partial charge in [-0.1, -0.05) is 0 Å². The molecule has 0 aliphatic heterocycles. The molecule has 1 aromatic heterocycles. The van der Waals surface area contributed by atoms with E-state index in [9.17, 15) is 9.18 Å². The molecular formula is C12H13FN2O2S. The van der Waals surface area contributed by atoms with E-state index >= 15 is 0 Å². The van der Waals surface area contributed by atoms with Crippen LogP contribution in [0, 0.1) is 10.6 Å². The molecule has 0 spiro atoms. The van der Waals surface area contributed by atoms with Crippen LogP contribution in [0.1, 0.15) is 13.3 Å². The molecule has 2 aromatic rings. The van der Waals surface area contributed by atoms with Gasteiger partial charge in [-0.2, -0.15) is 0 Å². The van der Waals surface area contributed by atoms with Crippen LogP contribution in [0.15, 0.2) is 18.2 Å². The number of benzene rings is 1. The highest BCUT2D eigenvalue weighted by Crippen LogP contribution is 2.16. The summed E-state index contributed by atoms with van der Waals surface area (Å²) >= 11 is 5.15. The first-order chi connectivity index (χ1) is 8.61. The maximum Gasteiger partial charge on any atom is 0.307 e. The van der Waals surface area contributed by atoms with E-state index in [4.69, 9.17) is 17.0 Å². The molecule has 1 heterocycles. The third-order valence-corrected chi connectivity index (χ3v) is 2.90. The van der Waals surface area contributed by atoms with Gasteiger partial charge in [0.1, 0.15) is 5.82 Å². The monoisotopic (exact) mass is 268 g/mol.